The first-order valence-electron chi connectivity index (χ1n) is 8.37. The molecular weight excluding hydrogens is 302 g/mol. The summed E-state index contributed by atoms with van der Waals surface area (Å²) in [5, 5.41) is 7.89. The van der Waals surface area contributed by atoms with Gasteiger partial charge in [-0.3, -0.25) is 9.78 Å². The summed E-state index contributed by atoms with van der Waals surface area (Å²) in [7, 11) is 0. The number of nitrogens with zero attached hydrogens (tertiary/aromatic N) is 2. The molecule has 1 N–H and O–H groups in total. The van der Waals surface area contributed by atoms with Crippen LogP contribution in [0.1, 0.15) is 46.9 Å². The van der Waals surface area contributed by atoms with Crippen LogP contribution in [-0.2, 0) is 4.84 Å². The van der Waals surface area contributed by atoms with E-state index in [2.05, 4.69) is 29.3 Å². The summed E-state index contributed by atoms with van der Waals surface area (Å²) in [5.74, 6) is -0.0951. The number of nitrogens with one attached hydrogen (secondary N) is 1. The van der Waals surface area contributed by atoms with E-state index in [1.54, 1.807) is 0 Å². The number of carbonyl (C=O) groups excluding carboxylic acids is 1. The van der Waals surface area contributed by atoms with Crippen molar-refractivity contribution in [3.05, 3.63) is 40.6 Å². The number of aryl methyl sites for hydroxylation is 3. The lowest BCUT2D eigenvalue weighted by Gasteiger charge is -2.13. The van der Waals surface area contributed by atoms with Gasteiger partial charge in [0.15, 0.2) is 0 Å². The van der Waals surface area contributed by atoms with Gasteiger partial charge in [-0.2, -0.15) is 0 Å². The van der Waals surface area contributed by atoms with Crippen molar-refractivity contribution in [1.82, 2.24) is 10.3 Å². The van der Waals surface area contributed by atoms with Crippen molar-refractivity contribution in [3.63, 3.8) is 0 Å². The molecule has 0 aliphatic carbocycles. The van der Waals surface area contributed by atoms with Crippen LogP contribution < -0.4 is 5.32 Å². The van der Waals surface area contributed by atoms with E-state index in [9.17, 15) is 4.79 Å². The van der Waals surface area contributed by atoms with Crippen LogP contribution in [0.15, 0.2) is 23.4 Å². The fraction of sp³-hybridized carbons (Fsp3) is 0.421. The topological polar surface area (TPSA) is 63.6 Å². The van der Waals surface area contributed by atoms with Gasteiger partial charge in [0, 0.05) is 17.5 Å². The van der Waals surface area contributed by atoms with Crippen LogP contribution >= 0.6 is 0 Å². The highest BCUT2D eigenvalue weighted by Gasteiger charge is 2.21. The molecule has 126 valence electrons. The molecule has 0 saturated heterocycles. The highest BCUT2D eigenvalue weighted by atomic mass is 16.6. The fourth-order valence-electron chi connectivity index (χ4n) is 2.95. The largest absolute Gasteiger partial charge is 0.390 e. The van der Waals surface area contributed by atoms with E-state index in [-0.39, 0.29) is 12.0 Å². The number of pyridine rings is 1. The SMILES string of the molecule is CCC1=NOC(CNC(=O)c2cc(C)nc3c(C)c(C)ccc23)C1. The highest BCUT2D eigenvalue weighted by molar-refractivity contribution is 6.07. The predicted molar refractivity (Wildman–Crippen MR) is 95.5 cm³/mol. The molecule has 1 amide bonds. The molecule has 0 fully saturated rings. The number of oxime groups is 1. The van der Waals surface area contributed by atoms with Crippen LogP contribution in [0.5, 0.6) is 0 Å². The average Bonchev–Trinajstić information content (AvgIpc) is 3.04. The second-order valence-electron chi connectivity index (χ2n) is 6.37. The quantitative estimate of drug-likeness (QED) is 0.936. The Balaban J connectivity index is 1.81. The average molecular weight is 325 g/mol. The Kier molecular flexibility index (Phi) is 4.51. The van der Waals surface area contributed by atoms with Gasteiger partial charge < -0.3 is 10.2 Å². The third kappa shape index (κ3) is 3.11. The van der Waals surface area contributed by atoms with Crippen molar-refractivity contribution < 1.29 is 9.63 Å². The molecular formula is C19H23N3O2. The Bertz CT molecular complexity index is 827. The number of aromatic nitrogens is 1. The number of hydrogen-bond acceptors (Lipinski definition) is 4. The van der Waals surface area contributed by atoms with Gasteiger partial charge in [-0.1, -0.05) is 24.2 Å². The lowest BCUT2D eigenvalue weighted by atomic mass is 10.0. The van der Waals surface area contributed by atoms with Crippen molar-refractivity contribution in [1.29, 1.82) is 0 Å². The Morgan fingerprint density at radius 1 is 1.33 bits per heavy atom. The zero-order valence-corrected chi connectivity index (χ0v) is 14.6. The number of carbonyl (C=O) groups is 1. The van der Waals surface area contributed by atoms with E-state index in [0.717, 1.165) is 40.7 Å². The molecule has 2 aromatic rings. The molecule has 1 aliphatic rings. The van der Waals surface area contributed by atoms with Crippen LogP contribution in [0.2, 0.25) is 0 Å². The molecule has 1 aliphatic heterocycles. The maximum Gasteiger partial charge on any atom is 0.252 e. The Morgan fingerprint density at radius 2 is 2.12 bits per heavy atom. The minimum Gasteiger partial charge on any atom is -0.390 e. The summed E-state index contributed by atoms with van der Waals surface area (Å²) in [6.45, 7) is 8.53. The van der Waals surface area contributed by atoms with Crippen LogP contribution in [0.4, 0.5) is 0 Å². The number of rotatable bonds is 4. The monoisotopic (exact) mass is 325 g/mol. The van der Waals surface area contributed by atoms with Crippen LogP contribution in [0.25, 0.3) is 10.9 Å². The Labute approximate surface area is 142 Å². The first-order chi connectivity index (χ1) is 11.5. The maximum atomic E-state index is 12.7. The van der Waals surface area contributed by atoms with Crippen LogP contribution in [0, 0.1) is 20.8 Å². The summed E-state index contributed by atoms with van der Waals surface area (Å²) in [4.78, 5) is 22.6. The van der Waals surface area contributed by atoms with Crippen molar-refractivity contribution in [3.8, 4) is 0 Å². The van der Waals surface area contributed by atoms with Crippen LogP contribution in [0.3, 0.4) is 0 Å². The number of hydrogen-bond donors (Lipinski definition) is 1. The zero-order valence-electron chi connectivity index (χ0n) is 14.6. The molecule has 24 heavy (non-hydrogen) atoms. The molecule has 0 spiro atoms. The third-order valence-corrected chi connectivity index (χ3v) is 4.57. The molecule has 1 aromatic carbocycles. The Hall–Kier alpha value is -2.43. The molecule has 5 heteroatoms. The van der Waals surface area contributed by atoms with Crippen molar-refractivity contribution in [2.75, 3.05) is 6.54 Å². The van der Waals surface area contributed by atoms with E-state index in [1.807, 2.05) is 32.0 Å². The highest BCUT2D eigenvalue weighted by Crippen LogP contribution is 2.24. The summed E-state index contributed by atoms with van der Waals surface area (Å²) < 4.78 is 0. The standard InChI is InChI=1S/C19H23N3O2/c1-5-14-9-15(24-22-14)10-20-19(23)17-8-12(3)21-18-13(4)11(2)6-7-16(17)18/h6-8,15H,5,9-10H2,1-4H3,(H,20,23). The Morgan fingerprint density at radius 3 is 2.83 bits per heavy atom. The van der Waals surface area contributed by atoms with Crippen molar-refractivity contribution >= 4 is 22.5 Å². The second kappa shape index (κ2) is 6.59. The number of amides is 1. The fourth-order valence-corrected chi connectivity index (χ4v) is 2.95. The summed E-state index contributed by atoms with van der Waals surface area (Å²) in [5.41, 5.74) is 5.74. The van der Waals surface area contributed by atoms with Crippen molar-refractivity contribution in [2.24, 2.45) is 5.16 Å². The van der Waals surface area contributed by atoms with Gasteiger partial charge in [0.25, 0.3) is 5.91 Å². The summed E-state index contributed by atoms with van der Waals surface area (Å²) in [6, 6.07) is 5.85. The van der Waals surface area contributed by atoms with Gasteiger partial charge in [-0.05, 0) is 44.4 Å². The predicted octanol–water partition coefficient (Wildman–Crippen LogP) is 3.44. The minimum absolute atomic E-state index is 0.0675. The molecule has 0 radical (unpaired) electrons. The normalized spacial score (nSPS) is 16.8. The maximum absolute atomic E-state index is 12.7. The van der Waals surface area contributed by atoms with E-state index >= 15 is 0 Å². The molecule has 0 bridgehead atoms. The van der Waals surface area contributed by atoms with Crippen LogP contribution in [-0.4, -0.2) is 29.3 Å². The lowest BCUT2D eigenvalue weighted by molar-refractivity contribution is 0.0754. The molecule has 2 heterocycles. The molecule has 3 rings (SSSR count). The first kappa shape index (κ1) is 16.4. The van der Waals surface area contributed by atoms with Gasteiger partial charge in [0.2, 0.25) is 0 Å². The summed E-state index contributed by atoms with van der Waals surface area (Å²) in [6.07, 6.45) is 1.60. The number of fused-ring (bicyclic) bond motifs is 1. The van der Waals surface area contributed by atoms with E-state index in [0.29, 0.717) is 12.1 Å². The second-order valence-corrected chi connectivity index (χ2v) is 6.37. The molecule has 1 atom stereocenters. The third-order valence-electron chi connectivity index (χ3n) is 4.57. The minimum atomic E-state index is -0.0951. The molecule has 5 nitrogen and oxygen atoms in total. The van der Waals surface area contributed by atoms with Gasteiger partial charge in [-0.15, -0.1) is 0 Å². The summed E-state index contributed by atoms with van der Waals surface area (Å²) >= 11 is 0. The van der Waals surface area contributed by atoms with E-state index in [1.165, 1.54) is 5.56 Å². The number of benzene rings is 1. The smallest absolute Gasteiger partial charge is 0.252 e. The zero-order chi connectivity index (χ0) is 17.3. The molecule has 1 aromatic heterocycles. The first-order valence-corrected chi connectivity index (χ1v) is 8.37. The van der Waals surface area contributed by atoms with Crippen molar-refractivity contribution in [2.45, 2.75) is 46.6 Å². The lowest BCUT2D eigenvalue weighted by Crippen LogP contribution is -2.32. The van der Waals surface area contributed by atoms with E-state index < -0.39 is 0 Å². The molecule has 1 unspecified atom stereocenters. The van der Waals surface area contributed by atoms with Gasteiger partial charge in [0.05, 0.1) is 23.3 Å². The van der Waals surface area contributed by atoms with Gasteiger partial charge >= 0.3 is 0 Å². The van der Waals surface area contributed by atoms with E-state index in [4.69, 9.17) is 4.84 Å². The molecule has 0 saturated carbocycles. The van der Waals surface area contributed by atoms with Gasteiger partial charge in [-0.25, -0.2) is 0 Å². The van der Waals surface area contributed by atoms with Gasteiger partial charge in [0.1, 0.15) is 6.10 Å².